The molecule has 2 amide bonds. The van der Waals surface area contributed by atoms with Crippen LogP contribution in [0.15, 0.2) is 36.4 Å². The second-order valence-electron chi connectivity index (χ2n) is 10.2. The SMILES string of the molecule is Cn1nc(C(C)(C)NC(=O)c2cccc3c2OCCN(C(=O)OC(C)(C)C)C3)c2cccc(F)c21. The Bertz CT molecular complexity index is 1290. The number of ether oxygens (including phenoxy) is 2. The van der Waals surface area contributed by atoms with Crippen molar-refractivity contribution in [1.29, 1.82) is 0 Å². The van der Waals surface area contributed by atoms with E-state index in [4.69, 9.17) is 9.47 Å². The molecule has 2 heterocycles. The number of carbonyl (C=O) groups excluding carboxylic acids is 2. The number of rotatable bonds is 3. The van der Waals surface area contributed by atoms with Gasteiger partial charge in [-0.05, 0) is 46.8 Å². The minimum Gasteiger partial charge on any atom is -0.491 e. The van der Waals surface area contributed by atoms with Gasteiger partial charge in [0.15, 0.2) is 0 Å². The summed E-state index contributed by atoms with van der Waals surface area (Å²) in [4.78, 5) is 27.6. The number of hydrogen-bond acceptors (Lipinski definition) is 5. The van der Waals surface area contributed by atoms with Gasteiger partial charge in [-0.1, -0.05) is 24.3 Å². The van der Waals surface area contributed by atoms with Gasteiger partial charge in [0.2, 0.25) is 0 Å². The summed E-state index contributed by atoms with van der Waals surface area (Å²) in [7, 11) is 1.67. The molecule has 1 N–H and O–H groups in total. The molecule has 2 aromatic carbocycles. The van der Waals surface area contributed by atoms with Gasteiger partial charge in [0.05, 0.1) is 29.9 Å². The molecule has 35 heavy (non-hydrogen) atoms. The molecule has 0 radical (unpaired) electrons. The van der Waals surface area contributed by atoms with Gasteiger partial charge < -0.3 is 19.7 Å². The van der Waals surface area contributed by atoms with E-state index in [1.54, 1.807) is 36.2 Å². The van der Waals surface area contributed by atoms with Crippen molar-refractivity contribution in [1.82, 2.24) is 20.0 Å². The highest BCUT2D eigenvalue weighted by molar-refractivity contribution is 5.98. The lowest BCUT2D eigenvalue weighted by molar-refractivity contribution is 0.0225. The Labute approximate surface area is 204 Å². The summed E-state index contributed by atoms with van der Waals surface area (Å²) in [5.41, 5.74) is 0.488. The molecule has 186 valence electrons. The molecule has 3 aromatic rings. The molecule has 8 nitrogen and oxygen atoms in total. The first kappa shape index (κ1) is 24.5. The number of nitrogens with zero attached hydrogens (tertiary/aromatic N) is 3. The van der Waals surface area contributed by atoms with Crippen LogP contribution in [0.5, 0.6) is 5.75 Å². The van der Waals surface area contributed by atoms with Crippen molar-refractivity contribution in [2.75, 3.05) is 13.2 Å². The normalized spacial score (nSPS) is 14.2. The summed E-state index contributed by atoms with van der Waals surface area (Å²) < 4.78 is 27.3. The molecule has 0 bridgehead atoms. The molecule has 0 aliphatic carbocycles. The van der Waals surface area contributed by atoms with Crippen LogP contribution in [0.25, 0.3) is 10.9 Å². The highest BCUT2D eigenvalue weighted by Crippen LogP contribution is 2.32. The highest BCUT2D eigenvalue weighted by atomic mass is 19.1. The predicted molar refractivity (Wildman–Crippen MR) is 130 cm³/mol. The summed E-state index contributed by atoms with van der Waals surface area (Å²) >= 11 is 0. The maximum Gasteiger partial charge on any atom is 0.410 e. The zero-order valence-corrected chi connectivity index (χ0v) is 20.9. The van der Waals surface area contributed by atoms with Crippen molar-refractivity contribution in [3.05, 3.63) is 59.0 Å². The third-order valence-electron chi connectivity index (χ3n) is 5.80. The van der Waals surface area contributed by atoms with Crippen LogP contribution in [-0.2, 0) is 23.9 Å². The monoisotopic (exact) mass is 482 g/mol. The van der Waals surface area contributed by atoms with Crippen molar-refractivity contribution >= 4 is 22.9 Å². The molecule has 0 saturated carbocycles. The molecule has 1 aliphatic heterocycles. The quantitative estimate of drug-likeness (QED) is 0.594. The lowest BCUT2D eigenvalue weighted by Gasteiger charge is -2.26. The molecule has 9 heteroatoms. The van der Waals surface area contributed by atoms with Crippen molar-refractivity contribution in [2.45, 2.75) is 52.3 Å². The first-order valence-electron chi connectivity index (χ1n) is 11.5. The second-order valence-corrected chi connectivity index (χ2v) is 10.2. The summed E-state index contributed by atoms with van der Waals surface area (Å²) in [5, 5.41) is 8.16. The lowest BCUT2D eigenvalue weighted by Crippen LogP contribution is -2.41. The van der Waals surface area contributed by atoms with Crippen LogP contribution in [0.3, 0.4) is 0 Å². The Balaban J connectivity index is 1.61. The Kier molecular flexibility index (Phi) is 6.21. The fourth-order valence-electron chi connectivity index (χ4n) is 4.24. The van der Waals surface area contributed by atoms with Crippen molar-refractivity contribution in [3.63, 3.8) is 0 Å². The van der Waals surface area contributed by atoms with Crippen LogP contribution >= 0.6 is 0 Å². The van der Waals surface area contributed by atoms with Crippen molar-refractivity contribution in [2.24, 2.45) is 7.05 Å². The molecular weight excluding hydrogens is 451 g/mol. The fourth-order valence-corrected chi connectivity index (χ4v) is 4.24. The van der Waals surface area contributed by atoms with E-state index in [1.165, 1.54) is 10.7 Å². The summed E-state index contributed by atoms with van der Waals surface area (Å²) in [6, 6.07) is 10.1. The van der Waals surface area contributed by atoms with Gasteiger partial charge >= 0.3 is 6.09 Å². The van der Waals surface area contributed by atoms with Crippen LogP contribution < -0.4 is 10.1 Å². The number of amides is 2. The van der Waals surface area contributed by atoms with Crippen molar-refractivity contribution < 1.29 is 23.5 Å². The number of nitrogens with one attached hydrogen (secondary N) is 1. The maximum absolute atomic E-state index is 14.4. The van der Waals surface area contributed by atoms with E-state index in [-0.39, 0.29) is 24.9 Å². The number of fused-ring (bicyclic) bond motifs is 2. The third-order valence-corrected chi connectivity index (χ3v) is 5.80. The van der Waals surface area contributed by atoms with Gasteiger partial charge in [0, 0.05) is 18.0 Å². The molecule has 0 unspecified atom stereocenters. The predicted octanol–water partition coefficient (Wildman–Crippen LogP) is 4.51. The first-order chi connectivity index (χ1) is 16.4. The van der Waals surface area contributed by atoms with Crippen molar-refractivity contribution in [3.8, 4) is 5.75 Å². The van der Waals surface area contributed by atoms with E-state index in [0.717, 1.165) is 0 Å². The van der Waals surface area contributed by atoms with Crippen LogP contribution in [0.2, 0.25) is 0 Å². The minimum atomic E-state index is -0.902. The highest BCUT2D eigenvalue weighted by Gasteiger charge is 2.32. The smallest absolute Gasteiger partial charge is 0.410 e. The Morgan fingerprint density at radius 1 is 1.11 bits per heavy atom. The lowest BCUT2D eigenvalue weighted by atomic mass is 9.96. The molecule has 0 fully saturated rings. The van der Waals surface area contributed by atoms with Gasteiger partial charge in [0.25, 0.3) is 5.91 Å². The van der Waals surface area contributed by atoms with E-state index in [0.29, 0.717) is 40.0 Å². The number of benzene rings is 2. The molecule has 1 aromatic heterocycles. The standard InChI is InChI=1S/C26H31FN4O4/c1-25(2,3)35-24(33)31-13-14-34-21-16(15-31)9-7-11-18(21)23(32)28-26(4,5)22-17-10-8-12-19(27)20(17)30(6)29-22/h7-12H,13-15H2,1-6H3,(H,28,32). The van der Waals surface area contributed by atoms with E-state index in [1.807, 2.05) is 40.7 Å². The fraction of sp³-hybridized carbons (Fsp3) is 0.423. The number of hydrogen-bond donors (Lipinski definition) is 1. The van der Waals surface area contributed by atoms with E-state index in [9.17, 15) is 14.0 Å². The van der Waals surface area contributed by atoms with E-state index < -0.39 is 17.2 Å². The van der Waals surface area contributed by atoms with Gasteiger partial charge in [0.1, 0.15) is 29.3 Å². The summed E-state index contributed by atoms with van der Waals surface area (Å²) in [5.74, 6) is -0.293. The topological polar surface area (TPSA) is 85.7 Å². The Morgan fingerprint density at radius 2 is 1.83 bits per heavy atom. The molecule has 1 aliphatic rings. The zero-order chi connectivity index (χ0) is 25.5. The van der Waals surface area contributed by atoms with Crippen LogP contribution in [0.4, 0.5) is 9.18 Å². The molecular formula is C26H31FN4O4. The van der Waals surface area contributed by atoms with Gasteiger partial charge in [-0.3, -0.25) is 9.48 Å². The van der Waals surface area contributed by atoms with Crippen LogP contribution in [-0.4, -0.2) is 45.4 Å². The van der Waals surface area contributed by atoms with Gasteiger partial charge in [-0.2, -0.15) is 5.10 Å². The Morgan fingerprint density at radius 3 is 2.54 bits per heavy atom. The average molecular weight is 483 g/mol. The van der Waals surface area contributed by atoms with E-state index in [2.05, 4.69) is 10.4 Å². The number of para-hydroxylation sites is 2. The van der Waals surface area contributed by atoms with E-state index >= 15 is 0 Å². The molecule has 0 spiro atoms. The third kappa shape index (κ3) is 4.94. The number of halogens is 1. The Hall–Kier alpha value is -3.62. The second kappa shape index (κ2) is 8.87. The van der Waals surface area contributed by atoms with Crippen LogP contribution in [0, 0.1) is 5.82 Å². The summed E-state index contributed by atoms with van der Waals surface area (Å²) in [6.45, 7) is 9.92. The first-order valence-corrected chi connectivity index (χ1v) is 11.5. The number of carbonyl (C=O) groups is 2. The van der Waals surface area contributed by atoms with Gasteiger partial charge in [-0.25, -0.2) is 9.18 Å². The van der Waals surface area contributed by atoms with Gasteiger partial charge in [-0.15, -0.1) is 0 Å². The number of aryl methyl sites for hydroxylation is 1. The maximum atomic E-state index is 14.4. The average Bonchev–Trinajstić information content (AvgIpc) is 2.96. The van der Waals surface area contributed by atoms with Crippen LogP contribution in [0.1, 0.15) is 56.2 Å². The summed E-state index contributed by atoms with van der Waals surface area (Å²) in [6.07, 6.45) is -0.431. The minimum absolute atomic E-state index is 0.226. The zero-order valence-electron chi connectivity index (χ0n) is 20.9. The molecule has 0 atom stereocenters. The molecule has 4 rings (SSSR count). The number of aromatic nitrogens is 2. The largest absolute Gasteiger partial charge is 0.491 e. The molecule has 0 saturated heterocycles.